The molecule has 15 aromatic rings. The number of fused-ring (bicyclic) bond motifs is 4. The molecule has 760 valence electrons. The third-order valence-electron chi connectivity index (χ3n) is 27.4. The molecule has 145 heavy (non-hydrogen) atoms. The molecule has 0 atom stereocenters. The number of nitrogen functional groups attached to an aromatic ring is 2. The van der Waals surface area contributed by atoms with Crippen molar-refractivity contribution in [2.45, 2.75) is 181 Å². The second kappa shape index (κ2) is 45.9. The molecular formula is C104H118ClN21O19. The second-order valence-corrected chi connectivity index (χ2v) is 37.5. The molecule has 2 saturated carbocycles. The van der Waals surface area contributed by atoms with Crippen LogP contribution in [0.1, 0.15) is 164 Å². The number of ether oxygens (including phenoxy) is 6. The van der Waals surface area contributed by atoms with E-state index in [0.717, 1.165) is 135 Å². The average Bonchev–Trinajstić information content (AvgIpc) is 1.54. The lowest BCUT2D eigenvalue weighted by Gasteiger charge is -2.32. The number of aliphatic hydroxyl groups excluding tert-OH is 1. The molecule has 5 aromatic carbocycles. The number of nitro groups is 1. The zero-order chi connectivity index (χ0) is 103. The minimum absolute atomic E-state index is 0.0109. The molecule has 2 aliphatic carbocycles. The molecule has 40 nitrogen and oxygen atoms in total. The summed E-state index contributed by atoms with van der Waals surface area (Å²) in [7, 11) is 3.10. The number of aromatic amines is 2. The summed E-state index contributed by atoms with van der Waals surface area (Å²) in [6.45, 7) is 17.6. The van der Waals surface area contributed by atoms with Crippen LogP contribution in [0.3, 0.4) is 0 Å². The summed E-state index contributed by atoms with van der Waals surface area (Å²) >= 11 is 4.92. The van der Waals surface area contributed by atoms with E-state index < -0.39 is 21.7 Å². The minimum Gasteiger partial charge on any atom is -0.508 e. The van der Waals surface area contributed by atoms with Gasteiger partial charge in [0.05, 0.1) is 85.1 Å². The molecule has 10 aromatic heterocycles. The van der Waals surface area contributed by atoms with Crippen LogP contribution in [0.4, 0.5) is 27.2 Å². The number of nitrogens with two attached hydrogens (primary N) is 2. The Morgan fingerprint density at radius 2 is 0.979 bits per heavy atom. The Hall–Kier alpha value is -15.4. The summed E-state index contributed by atoms with van der Waals surface area (Å²) in [5.41, 5.74) is 20.2. The summed E-state index contributed by atoms with van der Waals surface area (Å²) in [6.07, 6.45) is 19.6. The Kier molecular flexibility index (Phi) is 32.5. The normalized spacial score (nSPS) is 16.2. The molecule has 12 N–H and O–H groups in total. The van der Waals surface area contributed by atoms with E-state index in [-0.39, 0.29) is 125 Å². The fourth-order valence-electron chi connectivity index (χ4n) is 19.6. The number of phenolic OH excluding ortho intramolecular Hbond substituents is 4. The standard InChI is InChI=1S/C49H56N10O8.C26H31N5O3.C22H27N5O4.C7H4ClNO4/c1-28(2)36-24-39(42(61)26-41(36)60)45-54-55-48(63)59(45)34-8-11-40-31(23-34)16-20-56(40)17-13-30-14-18-57(19-15-30)49(64)67-22-21-66-35-9-6-33(7-10-35)58-44-37(29(3)52-47(50)53-44)25-38(46(58)62)32-5-12-43(65-4)51-27-32;1-16(2)20-14-21(24(33)15-23(20)32)25-28-29-26(34)31(25)19-3-4-22-18(13-19)8-12-30(22)11-7-17-5-9-27-10-6-17;1-13-17-11-18(14-3-8-19(30-2)24-12-14)21(29)27(20(17)26-22(23)25-13)15-4-6-16(7-5-15)31-10-9-28;8-7(10)13-6-3-1-5(2-4-6)9(11)12/h5,8,11-12,16,20,23-28,30,33,35,60-61H,6-7,9-10,13-15,17-19,21-22H2,1-4H3,(H,55,63)(H2,50,52,53);3-4,8,12-17,27,32-33H,5-7,9-11H2,1-2H3,(H,29,34);3,8,11-12,15-16,28H,4-7,9-10H2,1-2H3,(H2,23,25,26);1-4H. The predicted molar refractivity (Wildman–Crippen MR) is 548 cm³/mol. The van der Waals surface area contributed by atoms with Crippen LogP contribution in [0, 0.1) is 35.8 Å². The molecule has 0 bridgehead atoms. The average molecular weight is 2000 g/mol. The summed E-state index contributed by atoms with van der Waals surface area (Å²) < 4.78 is 43.2. The smallest absolute Gasteiger partial charge is 0.409 e. The predicted octanol–water partition coefficient (Wildman–Crippen LogP) is 15.9. The first-order chi connectivity index (χ1) is 69.9. The van der Waals surface area contributed by atoms with Gasteiger partial charge in [-0.25, -0.2) is 58.4 Å². The number of rotatable bonds is 27. The zero-order valence-electron chi connectivity index (χ0n) is 81.7. The molecule has 0 unspecified atom stereocenters. The Morgan fingerprint density at radius 3 is 1.39 bits per heavy atom. The molecule has 2 aliphatic heterocycles. The first-order valence-corrected chi connectivity index (χ1v) is 48.9. The quantitative estimate of drug-likeness (QED) is 0.00989. The van der Waals surface area contributed by atoms with Gasteiger partial charge in [-0.3, -0.25) is 28.8 Å². The largest absolute Gasteiger partial charge is 0.508 e. The highest BCUT2D eigenvalue weighted by atomic mass is 35.5. The van der Waals surface area contributed by atoms with Crippen molar-refractivity contribution >= 4 is 84.6 Å². The van der Waals surface area contributed by atoms with Gasteiger partial charge in [0.1, 0.15) is 46.6 Å². The van der Waals surface area contributed by atoms with Gasteiger partial charge in [0, 0.05) is 166 Å². The molecule has 4 fully saturated rings. The Balaban J connectivity index is 0.000000160. The Labute approximate surface area is 836 Å². The number of amides is 1. The van der Waals surface area contributed by atoms with E-state index in [2.05, 4.69) is 81.7 Å². The molecule has 0 radical (unpaired) electrons. The topological polar surface area (TPSA) is 534 Å². The van der Waals surface area contributed by atoms with Crippen molar-refractivity contribution in [3.05, 3.63) is 233 Å². The van der Waals surface area contributed by atoms with Crippen LogP contribution in [-0.4, -0.2) is 204 Å². The highest BCUT2D eigenvalue weighted by Gasteiger charge is 2.33. The maximum Gasteiger partial charge on any atom is 0.409 e. The van der Waals surface area contributed by atoms with Gasteiger partial charge < -0.3 is 84.8 Å². The number of aromatic hydroxyl groups is 4. The number of hydrogen-bond acceptors (Lipinski definition) is 30. The van der Waals surface area contributed by atoms with Gasteiger partial charge in [-0.05, 0) is 249 Å². The van der Waals surface area contributed by atoms with Crippen molar-refractivity contribution in [2.75, 3.05) is 78.3 Å². The fraction of sp³-hybridized carbons (Fsp3) is 0.385. The number of anilines is 2. The summed E-state index contributed by atoms with van der Waals surface area (Å²) in [5, 5.41) is 81.5. The summed E-state index contributed by atoms with van der Waals surface area (Å²) in [6, 6.07) is 37.4. The highest BCUT2D eigenvalue weighted by Crippen LogP contribution is 2.43. The SMILES string of the molecule is CC(C)c1cc(-c2n[nH]c(=O)n2-c2ccc3c(ccn3CCC3CCNCC3)c2)c(O)cc1O.COc1ccc(-c2cc3c(C)nc(N)nc3n(C3CCC(OCCO)CC3)c2=O)cn1.COc1ccc(-c2cc3c(C)nc(N)nc3n(C3CCC(OCCOC(=O)N4CCC(CCn5ccc6cc(-n7c(-c8cc(C(C)C)c(O)cc8O)n[nH]c7=O)ccc65)CC4)CC3)c2=O)cn1.O=C(Cl)Oc1ccc([N+](=O)[O-])cc1. The molecule has 19 rings (SSSR count). The van der Waals surface area contributed by atoms with Crippen LogP contribution in [0.15, 0.2) is 177 Å². The van der Waals surface area contributed by atoms with Crippen LogP contribution in [0.25, 0.3) is 100 Å². The number of methoxy groups -OCH3 is 2. The van der Waals surface area contributed by atoms with Crippen molar-refractivity contribution < 1.29 is 68.5 Å². The number of carbonyl (C=O) groups excluding carboxylic acids is 2. The monoisotopic (exact) mass is 2000 g/mol. The lowest BCUT2D eigenvalue weighted by Crippen LogP contribution is -2.39. The number of hydrogen-bond donors (Lipinski definition) is 10. The second-order valence-electron chi connectivity index (χ2n) is 37.2. The third-order valence-corrected chi connectivity index (χ3v) is 27.4. The number of nitrogens with one attached hydrogen (secondary N) is 3. The number of non-ortho nitro benzene ring substituents is 1. The fourth-order valence-corrected chi connectivity index (χ4v) is 19.7. The number of pyridine rings is 4. The number of piperidine rings is 2. The van der Waals surface area contributed by atoms with Gasteiger partial charge in [0.2, 0.25) is 23.7 Å². The number of aliphatic hydroxyl groups is 1. The lowest BCUT2D eigenvalue weighted by molar-refractivity contribution is -0.384. The number of halogens is 1. The van der Waals surface area contributed by atoms with Gasteiger partial charge >= 0.3 is 22.9 Å². The van der Waals surface area contributed by atoms with E-state index in [4.69, 9.17) is 51.9 Å². The van der Waals surface area contributed by atoms with E-state index in [1.807, 2.05) is 114 Å². The Morgan fingerprint density at radius 1 is 0.531 bits per heavy atom. The lowest BCUT2D eigenvalue weighted by atomic mass is 9.92. The van der Waals surface area contributed by atoms with Crippen LogP contribution >= 0.6 is 11.6 Å². The number of aromatic nitrogens is 16. The molecule has 2 saturated heterocycles. The maximum atomic E-state index is 14.1. The first kappa shape index (κ1) is 103. The summed E-state index contributed by atoms with van der Waals surface area (Å²) in [5.74, 6) is 2.87. The summed E-state index contributed by atoms with van der Waals surface area (Å²) in [4.78, 5) is 114. The van der Waals surface area contributed by atoms with Gasteiger partial charge in [0.15, 0.2) is 11.6 Å². The van der Waals surface area contributed by atoms with Crippen molar-refractivity contribution in [3.63, 3.8) is 0 Å². The number of likely N-dealkylation sites (tertiary alicyclic amines) is 1. The van der Waals surface area contributed by atoms with Crippen molar-refractivity contribution in [2.24, 2.45) is 11.8 Å². The minimum atomic E-state index is -0.978. The van der Waals surface area contributed by atoms with Gasteiger partial charge in [-0.15, -0.1) is 0 Å². The van der Waals surface area contributed by atoms with E-state index >= 15 is 0 Å². The number of benzene rings is 5. The molecule has 1 amide bonds. The number of phenols is 4. The van der Waals surface area contributed by atoms with Crippen molar-refractivity contribution in [3.8, 4) is 96.9 Å². The molecule has 0 spiro atoms. The van der Waals surface area contributed by atoms with Gasteiger partial charge in [-0.1, -0.05) is 27.7 Å². The molecule has 4 aliphatic rings. The van der Waals surface area contributed by atoms with E-state index in [1.165, 1.54) is 58.4 Å². The number of nitro benzene ring substituents is 1. The van der Waals surface area contributed by atoms with Gasteiger partial charge in [-0.2, -0.15) is 20.2 Å². The van der Waals surface area contributed by atoms with E-state index in [9.17, 15) is 59.3 Å². The first-order valence-electron chi connectivity index (χ1n) is 48.5. The van der Waals surface area contributed by atoms with Gasteiger partial charge in [0.25, 0.3) is 16.8 Å². The number of H-pyrrole nitrogens is 2. The van der Waals surface area contributed by atoms with Crippen molar-refractivity contribution in [1.29, 1.82) is 0 Å². The maximum absolute atomic E-state index is 14.1. The number of nitrogens with zero attached hydrogens (tertiary/aromatic N) is 16. The van der Waals surface area contributed by atoms with E-state index in [0.29, 0.717) is 129 Å². The zero-order valence-corrected chi connectivity index (χ0v) is 82.5. The molecule has 41 heteroatoms. The Bertz CT molecular complexity index is 7430. The third kappa shape index (κ3) is 23.6. The molecular weight excluding hydrogens is 1880 g/mol. The van der Waals surface area contributed by atoms with Crippen molar-refractivity contribution in [1.82, 2.24) is 87.9 Å². The van der Waals surface area contributed by atoms with Crippen LogP contribution in [0.5, 0.6) is 40.5 Å². The van der Waals surface area contributed by atoms with Crippen LogP contribution in [-0.2, 0) is 27.3 Å². The number of carbonyl (C=O) groups is 2. The highest BCUT2D eigenvalue weighted by molar-refractivity contribution is 6.61. The van der Waals surface area contributed by atoms with E-state index in [1.54, 1.807) is 64.9 Å². The number of aryl methyl sites for hydroxylation is 4. The van der Waals surface area contributed by atoms with Crippen LogP contribution < -0.4 is 53.5 Å². The van der Waals surface area contributed by atoms with Crippen LogP contribution in [0.2, 0.25) is 0 Å². The molecule has 12 heterocycles.